The van der Waals surface area contributed by atoms with Gasteiger partial charge in [-0.1, -0.05) is 71.9 Å². The maximum absolute atomic E-state index is 6.58. The van der Waals surface area contributed by atoms with Gasteiger partial charge in [-0.2, -0.15) is 0 Å². The maximum atomic E-state index is 6.58. The normalized spacial score (nSPS) is 16.4. The van der Waals surface area contributed by atoms with E-state index in [0.29, 0.717) is 0 Å². The number of imidazole rings is 1. The van der Waals surface area contributed by atoms with Crippen LogP contribution in [0.5, 0.6) is 11.5 Å². The first kappa shape index (κ1) is 27.6. The zero-order chi connectivity index (χ0) is 31.3. The minimum atomic E-state index is -0.0709. The van der Waals surface area contributed by atoms with Crippen molar-refractivity contribution < 1.29 is 4.74 Å². The van der Waals surface area contributed by atoms with Crippen LogP contribution in [-0.2, 0) is 10.8 Å². The molecule has 0 unspecified atom stereocenters. The average molecular weight is 591 g/mol. The van der Waals surface area contributed by atoms with E-state index in [-0.39, 0.29) is 16.2 Å². The molecule has 0 fully saturated rings. The zero-order valence-corrected chi connectivity index (χ0v) is 27.0. The van der Waals surface area contributed by atoms with Crippen LogP contribution >= 0.6 is 0 Å². The summed E-state index contributed by atoms with van der Waals surface area (Å²) >= 11 is 0. The molecule has 0 spiro atoms. The molecule has 0 N–H and O–H groups in total. The van der Waals surface area contributed by atoms with Gasteiger partial charge < -0.3 is 4.74 Å². The van der Waals surface area contributed by atoms with E-state index < -0.39 is 0 Å². The fourth-order valence-electron chi connectivity index (χ4n) is 7.61. The van der Waals surface area contributed by atoms with E-state index in [1.807, 2.05) is 42.9 Å². The summed E-state index contributed by atoms with van der Waals surface area (Å²) in [5.41, 5.74) is 9.35. The second-order valence-corrected chi connectivity index (χ2v) is 14.2. The highest BCUT2D eigenvalue weighted by atomic mass is 16.5. The van der Waals surface area contributed by atoms with Gasteiger partial charge in [0, 0.05) is 29.1 Å². The Hall–Kier alpha value is -4.90. The van der Waals surface area contributed by atoms with Crippen molar-refractivity contribution in [2.24, 2.45) is 5.41 Å². The Labute approximate surface area is 264 Å². The number of nitrogens with zero attached hydrogens (tertiary/aromatic N) is 4. The number of aromatic nitrogens is 4. The van der Waals surface area contributed by atoms with Gasteiger partial charge in [-0.3, -0.25) is 9.13 Å². The molecule has 0 aliphatic heterocycles. The smallest absolute Gasteiger partial charge is 0.137 e. The standard InChI is InChI=1S/C40H38N4O/c1-25-19-20-41-35(21-25)44-34-23-28(45-27-12-10-11-26(22-27)43-24-42-32-13-8-9-14-33(32)43)15-16-29(34)30-17-18-31-36(37(30)44)39(4,5)40(6,7)38(31,2)3/h8-24H,1-7H3. The van der Waals surface area contributed by atoms with E-state index in [2.05, 4.69) is 123 Å². The van der Waals surface area contributed by atoms with Crippen LogP contribution in [0.4, 0.5) is 0 Å². The second kappa shape index (κ2) is 9.31. The van der Waals surface area contributed by atoms with Crippen LogP contribution in [-0.4, -0.2) is 19.1 Å². The number of ether oxygens (including phenoxy) is 1. The van der Waals surface area contributed by atoms with Crippen LogP contribution < -0.4 is 4.74 Å². The first-order chi connectivity index (χ1) is 21.5. The maximum Gasteiger partial charge on any atom is 0.137 e. The third-order valence-electron chi connectivity index (χ3n) is 11.2. The number of aryl methyl sites for hydroxylation is 1. The van der Waals surface area contributed by atoms with Crippen LogP contribution in [0.15, 0.2) is 104 Å². The summed E-state index contributed by atoms with van der Waals surface area (Å²) in [7, 11) is 0. The highest BCUT2D eigenvalue weighted by Gasteiger charge is 2.57. The van der Waals surface area contributed by atoms with Crippen LogP contribution in [0.3, 0.4) is 0 Å². The number of hydrogen-bond acceptors (Lipinski definition) is 3. The molecule has 4 aromatic carbocycles. The van der Waals surface area contributed by atoms with Crippen molar-refractivity contribution in [3.63, 3.8) is 0 Å². The van der Waals surface area contributed by atoms with E-state index in [1.54, 1.807) is 0 Å². The molecule has 8 rings (SSSR count). The van der Waals surface area contributed by atoms with E-state index in [4.69, 9.17) is 9.72 Å². The Morgan fingerprint density at radius 2 is 1.44 bits per heavy atom. The molecule has 7 aromatic rings. The molecule has 0 saturated heterocycles. The zero-order valence-electron chi connectivity index (χ0n) is 27.0. The van der Waals surface area contributed by atoms with Crippen molar-refractivity contribution in [1.29, 1.82) is 0 Å². The predicted molar refractivity (Wildman–Crippen MR) is 184 cm³/mol. The molecule has 3 heterocycles. The lowest BCUT2D eigenvalue weighted by Crippen LogP contribution is -2.42. The molecule has 5 heteroatoms. The summed E-state index contributed by atoms with van der Waals surface area (Å²) in [5, 5.41) is 2.44. The molecule has 0 saturated carbocycles. The molecule has 224 valence electrons. The molecule has 5 nitrogen and oxygen atoms in total. The Morgan fingerprint density at radius 1 is 0.667 bits per heavy atom. The third-order valence-corrected chi connectivity index (χ3v) is 11.2. The average Bonchev–Trinajstić information content (AvgIpc) is 3.62. The van der Waals surface area contributed by atoms with Gasteiger partial charge in [0.2, 0.25) is 0 Å². The third kappa shape index (κ3) is 3.79. The van der Waals surface area contributed by atoms with Crippen molar-refractivity contribution in [3.8, 4) is 23.0 Å². The molecule has 1 aliphatic rings. The topological polar surface area (TPSA) is 44.9 Å². The lowest BCUT2D eigenvalue weighted by Gasteiger charge is -2.44. The van der Waals surface area contributed by atoms with Gasteiger partial charge in [-0.25, -0.2) is 9.97 Å². The Balaban J connectivity index is 1.33. The number of fused-ring (bicyclic) bond motifs is 6. The summed E-state index contributed by atoms with van der Waals surface area (Å²) in [4.78, 5) is 9.49. The number of hydrogen-bond donors (Lipinski definition) is 0. The quantitative estimate of drug-likeness (QED) is 0.205. The lowest BCUT2D eigenvalue weighted by molar-refractivity contribution is 0.125. The molecule has 45 heavy (non-hydrogen) atoms. The van der Waals surface area contributed by atoms with Crippen molar-refractivity contribution >= 4 is 32.8 Å². The van der Waals surface area contributed by atoms with E-state index in [1.165, 1.54) is 33.0 Å². The molecular formula is C40H38N4O. The molecular weight excluding hydrogens is 552 g/mol. The van der Waals surface area contributed by atoms with Gasteiger partial charge in [0.25, 0.3) is 0 Å². The highest BCUT2D eigenvalue weighted by Crippen LogP contribution is 2.63. The fourth-order valence-corrected chi connectivity index (χ4v) is 7.61. The Morgan fingerprint density at radius 3 is 2.27 bits per heavy atom. The van der Waals surface area contributed by atoms with Gasteiger partial charge in [0.05, 0.1) is 27.8 Å². The van der Waals surface area contributed by atoms with Gasteiger partial charge in [0.15, 0.2) is 0 Å². The number of benzene rings is 4. The summed E-state index contributed by atoms with van der Waals surface area (Å²) in [5.74, 6) is 2.47. The highest BCUT2D eigenvalue weighted by molar-refractivity contribution is 6.11. The van der Waals surface area contributed by atoms with Crippen LogP contribution in [0.1, 0.15) is 58.2 Å². The molecule has 0 atom stereocenters. The van der Waals surface area contributed by atoms with Crippen molar-refractivity contribution in [1.82, 2.24) is 19.1 Å². The molecule has 0 bridgehead atoms. The van der Waals surface area contributed by atoms with Crippen LogP contribution in [0.25, 0.3) is 44.3 Å². The monoisotopic (exact) mass is 590 g/mol. The number of para-hydroxylation sites is 2. The molecule has 3 aromatic heterocycles. The van der Waals surface area contributed by atoms with E-state index in [0.717, 1.165) is 39.6 Å². The summed E-state index contributed by atoms with van der Waals surface area (Å²) < 4.78 is 11.0. The second-order valence-electron chi connectivity index (χ2n) is 14.2. The van der Waals surface area contributed by atoms with Crippen molar-refractivity contribution in [3.05, 3.63) is 120 Å². The van der Waals surface area contributed by atoms with Gasteiger partial charge in [0.1, 0.15) is 23.6 Å². The minimum Gasteiger partial charge on any atom is -0.457 e. The molecule has 0 radical (unpaired) electrons. The summed E-state index contributed by atoms with van der Waals surface area (Å²) in [6.45, 7) is 16.6. The van der Waals surface area contributed by atoms with E-state index in [9.17, 15) is 0 Å². The Kier molecular flexibility index (Phi) is 5.71. The SMILES string of the molecule is Cc1ccnc(-n2c3cc(Oc4cccc(-n5cnc6ccccc65)c4)ccc3c3ccc4c(c32)C(C)(C)C(C)(C)C4(C)C)c1. The van der Waals surface area contributed by atoms with Crippen molar-refractivity contribution in [2.45, 2.75) is 59.3 Å². The van der Waals surface area contributed by atoms with Gasteiger partial charge >= 0.3 is 0 Å². The largest absolute Gasteiger partial charge is 0.457 e. The number of pyridine rings is 1. The number of rotatable bonds is 4. The molecule has 1 aliphatic carbocycles. The minimum absolute atomic E-state index is 0.00118. The molecule has 0 amide bonds. The van der Waals surface area contributed by atoms with Crippen molar-refractivity contribution in [2.75, 3.05) is 0 Å². The van der Waals surface area contributed by atoms with Gasteiger partial charge in [-0.15, -0.1) is 0 Å². The first-order valence-corrected chi connectivity index (χ1v) is 15.7. The van der Waals surface area contributed by atoms with Gasteiger partial charge in [-0.05, 0) is 88.4 Å². The Bertz CT molecular complexity index is 2300. The van der Waals surface area contributed by atoms with Crippen LogP contribution in [0, 0.1) is 12.3 Å². The predicted octanol–water partition coefficient (Wildman–Crippen LogP) is 10.2. The summed E-state index contributed by atoms with van der Waals surface area (Å²) in [6, 6.07) is 31.7. The van der Waals surface area contributed by atoms with Crippen LogP contribution in [0.2, 0.25) is 0 Å². The van der Waals surface area contributed by atoms with E-state index >= 15 is 0 Å². The summed E-state index contributed by atoms with van der Waals surface area (Å²) in [6.07, 6.45) is 3.78. The first-order valence-electron chi connectivity index (χ1n) is 15.7. The fraction of sp³-hybridized carbons (Fsp3) is 0.250. The lowest BCUT2D eigenvalue weighted by atomic mass is 9.59.